The van der Waals surface area contributed by atoms with Crippen molar-refractivity contribution < 1.29 is 14.2 Å². The Hall–Kier alpha value is -2.53. The van der Waals surface area contributed by atoms with Crippen molar-refractivity contribution >= 4 is 34.5 Å². The van der Waals surface area contributed by atoms with Crippen LogP contribution in [0.15, 0.2) is 18.3 Å². The topological polar surface area (TPSA) is 100 Å². The first-order chi connectivity index (χ1) is 17.3. The third-order valence-electron chi connectivity index (χ3n) is 6.96. The summed E-state index contributed by atoms with van der Waals surface area (Å²) < 4.78 is 22.9. The molecule has 11 heteroatoms. The molecule has 36 heavy (non-hydrogen) atoms. The van der Waals surface area contributed by atoms with Crippen LogP contribution in [0.4, 0.5) is 16.3 Å². The van der Waals surface area contributed by atoms with Crippen LogP contribution in [-0.4, -0.2) is 75.7 Å². The van der Waals surface area contributed by atoms with Crippen LogP contribution >= 0.6 is 11.6 Å². The molecule has 9 nitrogen and oxygen atoms in total. The number of benzene rings is 1. The van der Waals surface area contributed by atoms with Crippen LogP contribution < -0.4 is 15.5 Å². The molecule has 3 N–H and O–H groups in total. The fourth-order valence-corrected chi connectivity index (χ4v) is 5.19. The summed E-state index contributed by atoms with van der Waals surface area (Å²) in [4.78, 5) is 15.9. The number of nitrogens with zero attached hydrogens (tertiary/aromatic N) is 5. The van der Waals surface area contributed by atoms with Crippen LogP contribution in [0.25, 0.3) is 22.3 Å². The Balaban J connectivity index is 1.56. The van der Waals surface area contributed by atoms with Gasteiger partial charge in [-0.2, -0.15) is 0 Å². The minimum absolute atomic E-state index is 0.0659. The Kier molecular flexibility index (Phi) is 7.30. The zero-order valence-corrected chi connectivity index (χ0v) is 21.6. The van der Waals surface area contributed by atoms with E-state index in [-0.39, 0.29) is 24.7 Å². The third kappa shape index (κ3) is 4.87. The maximum Gasteiger partial charge on any atom is 0.223 e. The number of ether oxygens (including phenoxy) is 1. The molecule has 0 radical (unpaired) electrons. The van der Waals surface area contributed by atoms with E-state index < -0.39 is 11.9 Å². The molecule has 2 aliphatic heterocycles. The minimum atomic E-state index is -0.661. The Bertz CT molecular complexity index is 1240. The van der Waals surface area contributed by atoms with Gasteiger partial charge in [-0.25, -0.2) is 19.3 Å². The fourth-order valence-electron chi connectivity index (χ4n) is 4.99. The van der Waals surface area contributed by atoms with E-state index in [1.54, 1.807) is 0 Å². The molecule has 0 saturated carbocycles. The highest BCUT2D eigenvalue weighted by Gasteiger charge is 2.27. The summed E-state index contributed by atoms with van der Waals surface area (Å²) in [5, 5.41) is 17.1. The molecule has 1 aromatic carbocycles. The summed E-state index contributed by atoms with van der Waals surface area (Å²) in [6.45, 7) is 9.75. The summed E-state index contributed by atoms with van der Waals surface area (Å²) in [5.74, 6) is 0.675. The number of hydrogen-bond acceptors (Lipinski definition) is 8. The molecule has 0 aliphatic carbocycles. The van der Waals surface area contributed by atoms with E-state index in [9.17, 15) is 5.11 Å². The van der Waals surface area contributed by atoms with E-state index in [4.69, 9.17) is 21.3 Å². The first kappa shape index (κ1) is 25.1. The van der Waals surface area contributed by atoms with Crippen molar-refractivity contribution in [1.82, 2.24) is 24.8 Å². The van der Waals surface area contributed by atoms with Gasteiger partial charge in [0, 0.05) is 37.3 Å². The first-order valence-electron chi connectivity index (χ1n) is 12.6. The molecule has 0 amide bonds. The van der Waals surface area contributed by atoms with Gasteiger partial charge in [0.1, 0.15) is 5.52 Å². The lowest BCUT2D eigenvalue weighted by Crippen LogP contribution is -2.42. The highest BCUT2D eigenvalue weighted by Crippen LogP contribution is 2.35. The maximum atomic E-state index is 15.5. The van der Waals surface area contributed by atoms with Gasteiger partial charge in [0.2, 0.25) is 11.9 Å². The van der Waals surface area contributed by atoms with Crippen molar-refractivity contribution in [3.8, 4) is 11.3 Å². The average molecular weight is 518 g/mol. The van der Waals surface area contributed by atoms with Crippen molar-refractivity contribution in [2.45, 2.75) is 57.8 Å². The molecule has 2 saturated heterocycles. The van der Waals surface area contributed by atoms with E-state index in [1.807, 2.05) is 6.07 Å². The molecule has 2 fully saturated rings. The molecule has 3 aromatic rings. The molecular formula is C25H33ClFN7O2. The van der Waals surface area contributed by atoms with Gasteiger partial charge in [-0.3, -0.25) is 0 Å². The second-order valence-corrected chi connectivity index (χ2v) is 10.3. The number of anilines is 2. The zero-order chi connectivity index (χ0) is 25.4. The highest BCUT2D eigenvalue weighted by molar-refractivity contribution is 6.33. The normalized spacial score (nSPS) is 23.3. The van der Waals surface area contributed by atoms with Gasteiger partial charge < -0.3 is 29.9 Å². The summed E-state index contributed by atoms with van der Waals surface area (Å²) in [6, 6.07) is 3.44. The largest absolute Gasteiger partial charge is 0.389 e. The molecule has 3 atom stereocenters. The zero-order valence-electron chi connectivity index (χ0n) is 20.8. The smallest absolute Gasteiger partial charge is 0.223 e. The highest BCUT2D eigenvalue weighted by atomic mass is 35.5. The molecule has 194 valence electrons. The van der Waals surface area contributed by atoms with Gasteiger partial charge in [-0.1, -0.05) is 11.6 Å². The Labute approximate surface area is 215 Å². The van der Waals surface area contributed by atoms with E-state index >= 15 is 4.39 Å². The van der Waals surface area contributed by atoms with Gasteiger partial charge in [0.05, 0.1) is 41.2 Å². The van der Waals surface area contributed by atoms with E-state index in [0.717, 1.165) is 32.0 Å². The van der Waals surface area contributed by atoms with Crippen LogP contribution in [-0.2, 0) is 4.74 Å². The van der Waals surface area contributed by atoms with E-state index in [0.29, 0.717) is 46.3 Å². The van der Waals surface area contributed by atoms with Gasteiger partial charge in [-0.05, 0) is 52.3 Å². The molecule has 5 rings (SSSR count). The lowest BCUT2D eigenvalue weighted by atomic mass is 10.1. The second-order valence-electron chi connectivity index (χ2n) is 9.85. The number of halogens is 2. The lowest BCUT2D eigenvalue weighted by molar-refractivity contribution is -0.0136. The van der Waals surface area contributed by atoms with Crippen molar-refractivity contribution in [3.63, 3.8) is 0 Å². The summed E-state index contributed by atoms with van der Waals surface area (Å²) in [6.07, 6.45) is 2.45. The fraction of sp³-hybridized carbons (Fsp3) is 0.560. The van der Waals surface area contributed by atoms with Crippen LogP contribution in [0.5, 0.6) is 0 Å². The number of aliphatic hydroxyl groups is 1. The minimum Gasteiger partial charge on any atom is -0.389 e. The predicted molar refractivity (Wildman–Crippen MR) is 139 cm³/mol. The molecule has 2 aromatic heterocycles. The maximum absolute atomic E-state index is 15.5. The summed E-state index contributed by atoms with van der Waals surface area (Å²) in [5.41, 5.74) is 1.99. The summed E-state index contributed by atoms with van der Waals surface area (Å²) >= 11 is 6.49. The van der Waals surface area contributed by atoms with Crippen molar-refractivity contribution in [1.29, 1.82) is 0 Å². The second kappa shape index (κ2) is 10.5. The van der Waals surface area contributed by atoms with Crippen molar-refractivity contribution in [3.05, 3.63) is 29.2 Å². The SMILES string of the molecule is CC(C)n1c(N2CCNCC[C@@H]2C)nc2c(F)cc(-c3nc(N[C@@H]4CCOC[C@H]4O)ncc3Cl)cc21. The average Bonchev–Trinajstić information content (AvgIpc) is 3.10. The first-order valence-corrected chi connectivity index (χ1v) is 13.0. The molecule has 2 aliphatic rings. The number of aromatic nitrogens is 4. The number of rotatable bonds is 5. The van der Waals surface area contributed by atoms with Crippen LogP contribution in [0, 0.1) is 5.82 Å². The molecule has 0 spiro atoms. The van der Waals surface area contributed by atoms with Crippen molar-refractivity contribution in [2.24, 2.45) is 0 Å². The van der Waals surface area contributed by atoms with Crippen molar-refractivity contribution in [2.75, 3.05) is 43.1 Å². The van der Waals surface area contributed by atoms with Gasteiger partial charge in [0.25, 0.3) is 0 Å². The lowest BCUT2D eigenvalue weighted by Gasteiger charge is -2.29. The number of hydrogen-bond donors (Lipinski definition) is 3. The Morgan fingerprint density at radius 2 is 2.08 bits per heavy atom. The third-order valence-corrected chi connectivity index (χ3v) is 7.24. The molecular weight excluding hydrogens is 485 g/mol. The van der Waals surface area contributed by atoms with Gasteiger partial charge in [-0.15, -0.1) is 0 Å². The Morgan fingerprint density at radius 1 is 1.25 bits per heavy atom. The van der Waals surface area contributed by atoms with Crippen LogP contribution in [0.3, 0.4) is 0 Å². The monoisotopic (exact) mass is 517 g/mol. The quantitative estimate of drug-likeness (QED) is 0.472. The van der Waals surface area contributed by atoms with E-state index in [2.05, 4.69) is 50.8 Å². The van der Waals surface area contributed by atoms with E-state index in [1.165, 1.54) is 12.3 Å². The van der Waals surface area contributed by atoms with Crippen LogP contribution in [0.2, 0.25) is 5.02 Å². The molecule has 0 bridgehead atoms. The Morgan fingerprint density at radius 3 is 2.86 bits per heavy atom. The summed E-state index contributed by atoms with van der Waals surface area (Å²) in [7, 11) is 0. The number of nitrogens with one attached hydrogen (secondary N) is 2. The number of imidazole rings is 1. The predicted octanol–water partition coefficient (Wildman–Crippen LogP) is 3.62. The number of aliphatic hydroxyl groups excluding tert-OH is 1. The van der Waals surface area contributed by atoms with Gasteiger partial charge in [0.15, 0.2) is 5.82 Å². The van der Waals surface area contributed by atoms with Gasteiger partial charge >= 0.3 is 0 Å². The van der Waals surface area contributed by atoms with Crippen LogP contribution in [0.1, 0.15) is 39.7 Å². The molecule has 0 unspecified atom stereocenters. The molecule has 4 heterocycles. The number of fused-ring (bicyclic) bond motifs is 1. The standard InChI is InChI=1S/C25H33ClFN7O2/c1-14(2)34-20-11-16(10-18(27)23(20)32-25(34)33-8-7-28-6-4-15(33)3)22-17(26)12-29-24(31-22)30-19-5-9-36-13-21(19)35/h10-12,14-15,19,21,28,35H,4-9,13H2,1-3H3,(H,29,30,31)/t15-,19+,21+/m0/s1.